The third kappa shape index (κ3) is 4.48. The molecule has 30 heavy (non-hydrogen) atoms. The van der Waals surface area contributed by atoms with E-state index in [1.54, 1.807) is 0 Å². The van der Waals surface area contributed by atoms with Crippen molar-refractivity contribution in [1.29, 1.82) is 0 Å². The zero-order valence-electron chi connectivity index (χ0n) is 15.9. The molecular weight excluding hydrogens is 445 g/mol. The van der Waals surface area contributed by atoms with Crippen LogP contribution >= 0.6 is 11.3 Å². The number of hydrogen-bond donors (Lipinski definition) is 3. The molecule has 0 fully saturated rings. The highest BCUT2D eigenvalue weighted by molar-refractivity contribution is 7.78. The SMILES string of the molecule is Cc1c(C(F)(F)F)nc2c(c1NC(=O)N=[S-](=O)c1cnc(C(C)(O)CO)s1)CCC2. The van der Waals surface area contributed by atoms with Crippen LogP contribution < -0.4 is 5.32 Å². The van der Waals surface area contributed by atoms with Crippen molar-refractivity contribution in [3.63, 3.8) is 0 Å². The smallest absolute Gasteiger partial charge is 0.433 e. The van der Waals surface area contributed by atoms with Gasteiger partial charge < -0.3 is 24.1 Å². The number of fused-ring (bicyclic) bond motifs is 1. The van der Waals surface area contributed by atoms with Crippen LogP contribution in [0.5, 0.6) is 0 Å². The molecule has 2 aromatic rings. The van der Waals surface area contributed by atoms with Gasteiger partial charge in [-0.05, 0) is 42.9 Å². The number of carbonyl (C=O) groups excluding carboxylic acids is 1. The van der Waals surface area contributed by atoms with Crippen molar-refractivity contribution in [1.82, 2.24) is 9.97 Å². The number of aromatic nitrogens is 2. The number of rotatable bonds is 4. The van der Waals surface area contributed by atoms with Gasteiger partial charge in [-0.15, -0.1) is 21.9 Å². The van der Waals surface area contributed by atoms with E-state index in [4.69, 9.17) is 5.11 Å². The molecule has 0 spiro atoms. The number of pyridine rings is 1. The molecule has 8 nitrogen and oxygen atoms in total. The zero-order chi connectivity index (χ0) is 22.3. The van der Waals surface area contributed by atoms with Gasteiger partial charge in [0, 0.05) is 17.5 Å². The Morgan fingerprint density at radius 2 is 2.10 bits per heavy atom. The van der Waals surface area contributed by atoms with E-state index in [0.717, 1.165) is 17.5 Å². The number of anilines is 1. The first kappa shape index (κ1) is 22.6. The van der Waals surface area contributed by atoms with Crippen LogP contribution in [0.15, 0.2) is 14.8 Å². The molecule has 2 heterocycles. The first-order valence-electron chi connectivity index (χ1n) is 8.77. The molecule has 164 valence electrons. The van der Waals surface area contributed by atoms with Crippen molar-refractivity contribution >= 4 is 33.7 Å². The Morgan fingerprint density at radius 3 is 2.73 bits per heavy atom. The summed E-state index contributed by atoms with van der Waals surface area (Å²) in [7, 11) is -2.19. The van der Waals surface area contributed by atoms with Crippen LogP contribution in [0.3, 0.4) is 0 Å². The number of nitrogens with one attached hydrogen (secondary N) is 1. The summed E-state index contributed by atoms with van der Waals surface area (Å²) in [5.74, 6) is 0. The lowest BCUT2D eigenvalue weighted by Crippen LogP contribution is -2.25. The third-order valence-corrected chi connectivity index (χ3v) is 7.06. The van der Waals surface area contributed by atoms with Gasteiger partial charge in [0.15, 0.2) is 0 Å². The normalized spacial score (nSPS) is 16.9. The predicted octanol–water partition coefficient (Wildman–Crippen LogP) is 3.29. The maximum Gasteiger partial charge on any atom is 0.433 e. The summed E-state index contributed by atoms with van der Waals surface area (Å²) in [6, 6.07) is -1.08. The van der Waals surface area contributed by atoms with E-state index in [0.29, 0.717) is 24.8 Å². The molecule has 0 aromatic carbocycles. The Labute approximate surface area is 175 Å². The summed E-state index contributed by atoms with van der Waals surface area (Å²) >= 11 is 0.796. The Morgan fingerprint density at radius 1 is 1.40 bits per heavy atom. The maximum atomic E-state index is 13.3. The van der Waals surface area contributed by atoms with Crippen LogP contribution in [0.2, 0.25) is 0 Å². The summed E-state index contributed by atoms with van der Waals surface area (Å²) < 4.78 is 55.8. The molecule has 0 saturated heterocycles. The van der Waals surface area contributed by atoms with Gasteiger partial charge in [0.1, 0.15) is 16.3 Å². The Bertz CT molecular complexity index is 1080. The minimum absolute atomic E-state index is 0.0104. The summed E-state index contributed by atoms with van der Waals surface area (Å²) in [4.78, 5) is 19.9. The van der Waals surface area contributed by atoms with Gasteiger partial charge >= 0.3 is 12.2 Å². The second-order valence-corrected chi connectivity index (χ2v) is 9.33. The van der Waals surface area contributed by atoms with Crippen molar-refractivity contribution in [2.45, 2.75) is 49.1 Å². The second-order valence-electron chi connectivity index (χ2n) is 6.92. The molecule has 0 aliphatic heterocycles. The van der Waals surface area contributed by atoms with Crippen LogP contribution in [0, 0.1) is 6.92 Å². The van der Waals surface area contributed by atoms with Crippen LogP contribution in [-0.2, 0) is 39.4 Å². The summed E-state index contributed by atoms with van der Waals surface area (Å²) in [6.07, 6.45) is -2.07. The highest BCUT2D eigenvalue weighted by Crippen LogP contribution is 2.38. The van der Waals surface area contributed by atoms with Crippen molar-refractivity contribution in [2.75, 3.05) is 11.9 Å². The van der Waals surface area contributed by atoms with Crippen molar-refractivity contribution in [2.24, 2.45) is 4.36 Å². The molecule has 3 N–H and O–H groups in total. The predicted molar refractivity (Wildman–Crippen MR) is 103 cm³/mol. The lowest BCUT2D eigenvalue weighted by Gasteiger charge is -2.18. The van der Waals surface area contributed by atoms with Crippen LogP contribution in [0.4, 0.5) is 23.7 Å². The quantitative estimate of drug-likeness (QED) is 0.598. The number of alkyl halides is 3. The van der Waals surface area contributed by atoms with Crippen LogP contribution in [-0.4, -0.2) is 32.8 Å². The molecule has 1 unspecified atom stereocenters. The van der Waals surface area contributed by atoms with Gasteiger partial charge in [-0.25, -0.2) is 14.8 Å². The number of aryl methyl sites for hydroxylation is 1. The minimum atomic E-state index is -4.68. The number of thiazole rings is 1. The first-order chi connectivity index (χ1) is 13.9. The van der Waals surface area contributed by atoms with Gasteiger partial charge in [-0.2, -0.15) is 13.2 Å². The zero-order valence-corrected chi connectivity index (χ0v) is 17.5. The van der Waals surface area contributed by atoms with Crippen molar-refractivity contribution in [3.05, 3.63) is 33.7 Å². The first-order valence-corrected chi connectivity index (χ1v) is 10.7. The molecule has 2 aromatic heterocycles. The van der Waals surface area contributed by atoms with Gasteiger partial charge in [0.25, 0.3) is 0 Å². The number of amides is 2. The van der Waals surface area contributed by atoms with E-state index in [-0.39, 0.29) is 26.2 Å². The fraction of sp³-hybridized carbons (Fsp3) is 0.471. The summed E-state index contributed by atoms with van der Waals surface area (Å²) in [5, 5.41) is 21.5. The summed E-state index contributed by atoms with van der Waals surface area (Å²) in [6.45, 7) is 1.92. The van der Waals surface area contributed by atoms with E-state index < -0.39 is 40.7 Å². The highest BCUT2D eigenvalue weighted by Gasteiger charge is 2.37. The number of urea groups is 1. The average molecular weight is 463 g/mol. The molecule has 3 rings (SSSR count). The van der Waals surface area contributed by atoms with Gasteiger partial charge in [-0.1, -0.05) is 0 Å². The molecular formula is C17H18F3N4O4S2-. The molecule has 2 amide bonds. The monoisotopic (exact) mass is 463 g/mol. The lowest BCUT2D eigenvalue weighted by atomic mass is 10.1. The number of hydrogen-bond acceptors (Lipinski definition) is 8. The van der Waals surface area contributed by atoms with E-state index in [2.05, 4.69) is 19.6 Å². The maximum absolute atomic E-state index is 13.3. The van der Waals surface area contributed by atoms with E-state index >= 15 is 0 Å². The number of nitrogens with zero attached hydrogens (tertiary/aromatic N) is 3. The molecule has 13 heteroatoms. The largest absolute Gasteiger partial charge is 0.439 e. The standard InChI is InChI=1S/C17H18F3N4O4S2/c1-8-12(9-4-3-5-10(9)22-13(8)17(18,19)20)23-15(26)24-30(28)11-6-21-14(29-11)16(2,27)7-25/h6,25,27H,3-5,7H2,1-2H3,(H,22,23,26)/q-1. The molecule has 1 aliphatic carbocycles. The molecule has 0 saturated carbocycles. The van der Waals surface area contributed by atoms with E-state index in [1.807, 2.05) is 0 Å². The molecule has 0 bridgehead atoms. The lowest BCUT2D eigenvalue weighted by molar-refractivity contribution is -0.141. The number of aliphatic hydroxyl groups excluding tert-OH is 1. The average Bonchev–Trinajstić information content (AvgIpc) is 3.32. The molecule has 0 radical (unpaired) electrons. The van der Waals surface area contributed by atoms with Crippen LogP contribution in [0.25, 0.3) is 0 Å². The number of carbonyl (C=O) groups is 1. The fourth-order valence-electron chi connectivity index (χ4n) is 3.04. The highest BCUT2D eigenvalue weighted by atomic mass is 32.2. The van der Waals surface area contributed by atoms with Gasteiger partial charge in [-0.3, -0.25) is 0 Å². The number of aliphatic hydroxyl groups is 2. The minimum Gasteiger partial charge on any atom is -0.439 e. The molecule has 1 atom stereocenters. The summed E-state index contributed by atoms with van der Waals surface area (Å²) in [5.41, 5.74) is -2.15. The van der Waals surface area contributed by atoms with Crippen molar-refractivity contribution < 1.29 is 32.4 Å². The second kappa shape index (κ2) is 8.21. The van der Waals surface area contributed by atoms with Crippen molar-refractivity contribution in [3.8, 4) is 0 Å². The van der Waals surface area contributed by atoms with E-state index in [1.165, 1.54) is 13.8 Å². The number of halogens is 3. The van der Waals surface area contributed by atoms with Crippen LogP contribution in [0.1, 0.15) is 40.9 Å². The van der Waals surface area contributed by atoms with Gasteiger partial charge in [0.2, 0.25) is 0 Å². The topological polar surface area (TPSA) is 125 Å². The Kier molecular flexibility index (Phi) is 6.18. The van der Waals surface area contributed by atoms with Gasteiger partial charge in [0.05, 0.1) is 12.3 Å². The Balaban J connectivity index is 1.90. The third-order valence-electron chi connectivity index (χ3n) is 4.56. The van der Waals surface area contributed by atoms with E-state index in [9.17, 15) is 27.3 Å². The molecule has 1 aliphatic rings. The Hall–Kier alpha value is -2.09. The fourth-order valence-corrected chi connectivity index (χ4v) is 4.78.